The van der Waals surface area contributed by atoms with E-state index in [0.29, 0.717) is 36.8 Å². The van der Waals surface area contributed by atoms with E-state index >= 15 is 0 Å². The standard InChI is InChI=1S/C15H15F3N4O2S/c16-15(17,18)12-8-25-14(21-12)22-5-2-9(3-6-22)24-10-1-4-20-11(7-10)13(19)23/h1,4,7-9H,2-3,5-6H2,(H2,19,23). The molecule has 25 heavy (non-hydrogen) atoms. The zero-order valence-electron chi connectivity index (χ0n) is 13.0. The van der Waals surface area contributed by atoms with Crippen molar-refractivity contribution in [3.8, 4) is 5.75 Å². The van der Waals surface area contributed by atoms with Gasteiger partial charge >= 0.3 is 6.18 Å². The van der Waals surface area contributed by atoms with Crippen LogP contribution in [0.25, 0.3) is 0 Å². The number of piperidine rings is 1. The molecular formula is C15H15F3N4O2S. The first-order chi connectivity index (χ1) is 11.8. The normalized spacial score (nSPS) is 16.0. The van der Waals surface area contributed by atoms with Gasteiger partial charge in [-0.3, -0.25) is 9.78 Å². The summed E-state index contributed by atoms with van der Waals surface area (Å²) < 4.78 is 43.7. The van der Waals surface area contributed by atoms with Crippen LogP contribution in [-0.2, 0) is 6.18 Å². The van der Waals surface area contributed by atoms with E-state index in [1.165, 1.54) is 12.3 Å². The first-order valence-electron chi connectivity index (χ1n) is 7.53. The molecular weight excluding hydrogens is 357 g/mol. The Morgan fingerprint density at radius 2 is 2.08 bits per heavy atom. The van der Waals surface area contributed by atoms with Crippen molar-refractivity contribution < 1.29 is 22.7 Å². The van der Waals surface area contributed by atoms with Gasteiger partial charge in [0.25, 0.3) is 5.91 Å². The molecule has 134 valence electrons. The molecule has 0 aliphatic carbocycles. The number of anilines is 1. The molecule has 0 unspecified atom stereocenters. The van der Waals surface area contributed by atoms with Gasteiger partial charge in [-0.15, -0.1) is 11.3 Å². The number of hydrogen-bond acceptors (Lipinski definition) is 6. The summed E-state index contributed by atoms with van der Waals surface area (Å²) in [5.74, 6) is -0.139. The lowest BCUT2D eigenvalue weighted by molar-refractivity contribution is -0.140. The van der Waals surface area contributed by atoms with Crippen molar-refractivity contribution in [3.05, 3.63) is 35.1 Å². The van der Waals surface area contributed by atoms with Crippen LogP contribution in [0.4, 0.5) is 18.3 Å². The van der Waals surface area contributed by atoms with Gasteiger partial charge < -0.3 is 15.4 Å². The highest BCUT2D eigenvalue weighted by Crippen LogP contribution is 2.34. The monoisotopic (exact) mass is 372 g/mol. The van der Waals surface area contributed by atoms with E-state index in [1.54, 1.807) is 6.07 Å². The third-order valence-electron chi connectivity index (χ3n) is 3.78. The minimum absolute atomic E-state index is 0.0959. The van der Waals surface area contributed by atoms with Crippen LogP contribution in [0.3, 0.4) is 0 Å². The average Bonchev–Trinajstić information content (AvgIpc) is 3.06. The maximum atomic E-state index is 12.6. The van der Waals surface area contributed by atoms with Gasteiger partial charge in [-0.25, -0.2) is 4.98 Å². The van der Waals surface area contributed by atoms with Crippen LogP contribution in [0.1, 0.15) is 29.0 Å². The molecule has 1 amide bonds. The number of nitrogens with two attached hydrogens (primary N) is 1. The smallest absolute Gasteiger partial charge is 0.434 e. The number of thiazole rings is 1. The number of nitrogens with zero attached hydrogens (tertiary/aromatic N) is 3. The number of amides is 1. The van der Waals surface area contributed by atoms with E-state index in [9.17, 15) is 18.0 Å². The highest BCUT2D eigenvalue weighted by molar-refractivity contribution is 7.13. The lowest BCUT2D eigenvalue weighted by atomic mass is 10.1. The molecule has 0 atom stereocenters. The molecule has 0 aromatic carbocycles. The van der Waals surface area contributed by atoms with Gasteiger partial charge in [0.05, 0.1) is 0 Å². The molecule has 3 heterocycles. The topological polar surface area (TPSA) is 81.3 Å². The first-order valence-corrected chi connectivity index (χ1v) is 8.41. The lowest BCUT2D eigenvalue weighted by Crippen LogP contribution is -2.38. The highest BCUT2D eigenvalue weighted by Gasteiger charge is 2.34. The Hall–Kier alpha value is -2.36. The fourth-order valence-corrected chi connectivity index (χ4v) is 3.40. The highest BCUT2D eigenvalue weighted by atomic mass is 32.1. The van der Waals surface area contributed by atoms with Crippen LogP contribution >= 0.6 is 11.3 Å². The number of carbonyl (C=O) groups is 1. The number of ether oxygens (including phenoxy) is 1. The maximum absolute atomic E-state index is 12.6. The second kappa shape index (κ2) is 6.87. The SMILES string of the molecule is NC(=O)c1cc(OC2CCN(c3nc(C(F)(F)F)cs3)CC2)ccn1. The van der Waals surface area contributed by atoms with E-state index in [-0.39, 0.29) is 11.8 Å². The summed E-state index contributed by atoms with van der Waals surface area (Å²) in [6.07, 6.45) is -1.81. The molecule has 0 radical (unpaired) electrons. The summed E-state index contributed by atoms with van der Waals surface area (Å²) in [5.41, 5.74) is 4.44. The summed E-state index contributed by atoms with van der Waals surface area (Å²) in [7, 11) is 0. The van der Waals surface area contributed by atoms with Gasteiger partial charge in [0.2, 0.25) is 0 Å². The summed E-state index contributed by atoms with van der Waals surface area (Å²) in [5, 5.41) is 1.39. The minimum atomic E-state index is -4.42. The Kier molecular flexibility index (Phi) is 4.80. The van der Waals surface area contributed by atoms with Gasteiger partial charge in [0, 0.05) is 43.6 Å². The Morgan fingerprint density at radius 1 is 1.36 bits per heavy atom. The third kappa shape index (κ3) is 4.19. The van der Waals surface area contributed by atoms with Crippen LogP contribution in [0.15, 0.2) is 23.7 Å². The van der Waals surface area contributed by atoms with Crippen molar-refractivity contribution in [2.75, 3.05) is 18.0 Å². The van der Waals surface area contributed by atoms with E-state index in [2.05, 4.69) is 9.97 Å². The quantitative estimate of drug-likeness (QED) is 0.892. The summed E-state index contributed by atoms with van der Waals surface area (Å²) in [4.78, 5) is 20.5. The first kappa shape index (κ1) is 17.5. The predicted octanol–water partition coefficient (Wildman–Crippen LogP) is 2.70. The molecule has 1 fully saturated rings. The van der Waals surface area contributed by atoms with Crippen molar-refractivity contribution in [1.29, 1.82) is 0 Å². The number of primary amides is 1. The molecule has 1 saturated heterocycles. The molecule has 2 N–H and O–H groups in total. The zero-order chi connectivity index (χ0) is 18.0. The van der Waals surface area contributed by atoms with E-state index in [1.807, 2.05) is 4.90 Å². The summed E-state index contributed by atoms with van der Waals surface area (Å²) in [6.45, 7) is 1.09. The van der Waals surface area contributed by atoms with Crippen LogP contribution < -0.4 is 15.4 Å². The van der Waals surface area contributed by atoms with Gasteiger partial charge in [-0.2, -0.15) is 13.2 Å². The predicted molar refractivity (Wildman–Crippen MR) is 85.7 cm³/mol. The molecule has 1 aliphatic rings. The van der Waals surface area contributed by atoms with E-state index < -0.39 is 17.8 Å². The van der Waals surface area contributed by atoms with Gasteiger partial charge in [0.1, 0.15) is 17.5 Å². The van der Waals surface area contributed by atoms with Crippen molar-refractivity contribution in [3.63, 3.8) is 0 Å². The fraction of sp³-hybridized carbons (Fsp3) is 0.400. The molecule has 2 aromatic rings. The van der Waals surface area contributed by atoms with Gasteiger partial charge in [-0.1, -0.05) is 0 Å². The second-order valence-electron chi connectivity index (χ2n) is 5.56. The van der Waals surface area contributed by atoms with E-state index in [0.717, 1.165) is 16.7 Å². The Labute approximate surface area is 145 Å². The number of rotatable bonds is 4. The number of aromatic nitrogens is 2. The second-order valence-corrected chi connectivity index (χ2v) is 6.39. The Balaban J connectivity index is 1.58. The van der Waals surface area contributed by atoms with Crippen LogP contribution in [0, 0.1) is 0 Å². The molecule has 0 saturated carbocycles. The molecule has 3 rings (SSSR count). The summed E-state index contributed by atoms with van der Waals surface area (Å²) >= 11 is 0.988. The molecule has 0 spiro atoms. The number of carbonyl (C=O) groups excluding carboxylic acids is 1. The van der Waals surface area contributed by atoms with Crippen molar-refractivity contribution in [1.82, 2.24) is 9.97 Å². The Bertz CT molecular complexity index is 757. The Morgan fingerprint density at radius 3 is 2.68 bits per heavy atom. The maximum Gasteiger partial charge on any atom is 0.434 e. The van der Waals surface area contributed by atoms with Crippen molar-refractivity contribution >= 4 is 22.4 Å². The molecule has 0 bridgehead atoms. The number of pyridine rings is 1. The number of hydrogen-bond donors (Lipinski definition) is 1. The number of halogens is 3. The van der Waals surface area contributed by atoms with Crippen LogP contribution in [0.5, 0.6) is 5.75 Å². The van der Waals surface area contributed by atoms with E-state index in [4.69, 9.17) is 10.5 Å². The molecule has 6 nitrogen and oxygen atoms in total. The van der Waals surface area contributed by atoms with Gasteiger partial charge in [-0.05, 0) is 6.07 Å². The molecule has 1 aliphatic heterocycles. The lowest BCUT2D eigenvalue weighted by Gasteiger charge is -2.32. The minimum Gasteiger partial charge on any atom is -0.490 e. The number of alkyl halides is 3. The van der Waals surface area contributed by atoms with Crippen LogP contribution in [-0.4, -0.2) is 35.1 Å². The summed E-state index contributed by atoms with van der Waals surface area (Å²) in [6, 6.07) is 3.11. The van der Waals surface area contributed by atoms with Crippen molar-refractivity contribution in [2.24, 2.45) is 5.73 Å². The van der Waals surface area contributed by atoms with Crippen LogP contribution in [0.2, 0.25) is 0 Å². The van der Waals surface area contributed by atoms with Crippen molar-refractivity contribution in [2.45, 2.75) is 25.1 Å². The average molecular weight is 372 g/mol. The largest absolute Gasteiger partial charge is 0.490 e. The third-order valence-corrected chi connectivity index (χ3v) is 4.68. The molecule has 2 aromatic heterocycles. The zero-order valence-corrected chi connectivity index (χ0v) is 13.8. The fourth-order valence-electron chi connectivity index (χ4n) is 2.52. The van der Waals surface area contributed by atoms with Gasteiger partial charge in [0.15, 0.2) is 10.8 Å². The molecule has 10 heteroatoms.